The van der Waals surface area contributed by atoms with Crippen LogP contribution in [0.15, 0.2) is 12.7 Å². The molecule has 0 aliphatic carbocycles. The van der Waals surface area contributed by atoms with E-state index >= 15 is 0 Å². The van der Waals surface area contributed by atoms with Crippen LogP contribution in [0.3, 0.4) is 0 Å². The van der Waals surface area contributed by atoms with Crippen molar-refractivity contribution in [2.45, 2.75) is 26.2 Å². The second-order valence-electron chi connectivity index (χ2n) is 2.23. The van der Waals surface area contributed by atoms with Gasteiger partial charge in [0.25, 0.3) is 0 Å². The van der Waals surface area contributed by atoms with Crippen LogP contribution in [0.25, 0.3) is 0 Å². The topological polar surface area (TPSA) is 0 Å². The molecule has 0 fully saturated rings. The van der Waals surface area contributed by atoms with Crippen LogP contribution in [-0.2, 0) is 0 Å². The van der Waals surface area contributed by atoms with Crippen molar-refractivity contribution in [2.75, 3.05) is 0 Å². The molecule has 0 bridgehead atoms. The summed E-state index contributed by atoms with van der Waals surface area (Å²) in [4.78, 5) is 2.00. The molecule has 0 N–H and O–H groups in total. The fraction of sp³-hybridized carbons (Fsp3) is 0.500. The summed E-state index contributed by atoms with van der Waals surface area (Å²) in [6.45, 7) is 5.55. The molecule has 0 atom stereocenters. The number of hydrogen-bond acceptors (Lipinski definition) is 2. The van der Waals surface area contributed by atoms with Gasteiger partial charge in [-0.15, -0.1) is 0 Å². The second kappa shape index (κ2) is 5.69. The van der Waals surface area contributed by atoms with Crippen LogP contribution >= 0.6 is 24.4 Å². The van der Waals surface area contributed by atoms with Crippen LogP contribution in [0.5, 0.6) is 0 Å². The van der Waals surface area contributed by atoms with Crippen LogP contribution in [0.2, 0.25) is 0 Å². The standard InChI is InChI=1S/C8H12S2/c1-3-8(10)6-4-5-7(2)9/h3H,1,4-6H2,2H3. The average Bonchev–Trinajstić information content (AvgIpc) is 1.87. The van der Waals surface area contributed by atoms with E-state index in [0.717, 1.165) is 29.0 Å². The first-order valence-electron chi connectivity index (χ1n) is 3.31. The number of allylic oxidation sites excluding steroid dienone is 1. The molecule has 0 heterocycles. The molecule has 56 valence electrons. The molecule has 0 aromatic heterocycles. The molecule has 0 aromatic carbocycles. The molecule has 0 rings (SSSR count). The maximum Gasteiger partial charge on any atom is 0.0146 e. The minimum Gasteiger partial charge on any atom is -0.0980 e. The Labute approximate surface area is 73.3 Å². The van der Waals surface area contributed by atoms with Crippen molar-refractivity contribution in [1.29, 1.82) is 0 Å². The highest BCUT2D eigenvalue weighted by atomic mass is 32.1. The summed E-state index contributed by atoms with van der Waals surface area (Å²) in [7, 11) is 0. The Balaban J connectivity index is 3.28. The first-order valence-corrected chi connectivity index (χ1v) is 4.13. The molecule has 0 unspecified atom stereocenters. The zero-order valence-electron chi connectivity index (χ0n) is 6.22. The minimum atomic E-state index is 0.941. The molecule has 0 aliphatic rings. The predicted molar refractivity (Wildman–Crippen MR) is 54.9 cm³/mol. The average molecular weight is 172 g/mol. The Morgan fingerprint density at radius 3 is 2.40 bits per heavy atom. The molecule has 2 heteroatoms. The summed E-state index contributed by atoms with van der Waals surface area (Å²) in [6, 6.07) is 0. The highest BCUT2D eigenvalue weighted by Gasteiger charge is 1.91. The van der Waals surface area contributed by atoms with E-state index in [1.165, 1.54) is 0 Å². The quantitative estimate of drug-likeness (QED) is 0.461. The van der Waals surface area contributed by atoms with Gasteiger partial charge in [-0.05, 0) is 31.1 Å². The van der Waals surface area contributed by atoms with Crippen LogP contribution in [0.1, 0.15) is 26.2 Å². The summed E-state index contributed by atoms with van der Waals surface area (Å²) >= 11 is 9.86. The van der Waals surface area contributed by atoms with Crippen LogP contribution < -0.4 is 0 Å². The lowest BCUT2D eigenvalue weighted by atomic mass is 10.1. The number of hydrogen-bond donors (Lipinski definition) is 0. The van der Waals surface area contributed by atoms with Crippen LogP contribution in [0.4, 0.5) is 0 Å². The van der Waals surface area contributed by atoms with Crippen molar-refractivity contribution < 1.29 is 0 Å². The Hall–Kier alpha value is -0.0800. The third-order valence-corrected chi connectivity index (χ3v) is 1.75. The Morgan fingerprint density at radius 2 is 2.00 bits per heavy atom. The van der Waals surface area contributed by atoms with Gasteiger partial charge in [0.1, 0.15) is 0 Å². The van der Waals surface area contributed by atoms with E-state index in [1.807, 2.05) is 6.92 Å². The van der Waals surface area contributed by atoms with E-state index in [-0.39, 0.29) is 0 Å². The van der Waals surface area contributed by atoms with Crippen LogP contribution in [-0.4, -0.2) is 9.73 Å². The predicted octanol–water partition coefficient (Wildman–Crippen LogP) is 3.10. The van der Waals surface area contributed by atoms with Gasteiger partial charge in [-0.25, -0.2) is 0 Å². The molecule has 0 nitrogen and oxygen atoms in total. The molecule has 0 spiro atoms. The van der Waals surface area contributed by atoms with Gasteiger partial charge in [-0.3, -0.25) is 0 Å². The van der Waals surface area contributed by atoms with E-state index in [1.54, 1.807) is 6.08 Å². The fourth-order valence-electron chi connectivity index (χ4n) is 0.614. The van der Waals surface area contributed by atoms with Gasteiger partial charge in [-0.1, -0.05) is 37.1 Å². The fourth-order valence-corrected chi connectivity index (χ4v) is 0.902. The second-order valence-corrected chi connectivity index (χ2v) is 3.45. The van der Waals surface area contributed by atoms with Gasteiger partial charge in [-0.2, -0.15) is 0 Å². The molecule has 0 saturated carbocycles. The van der Waals surface area contributed by atoms with Gasteiger partial charge >= 0.3 is 0 Å². The van der Waals surface area contributed by atoms with E-state index in [2.05, 4.69) is 6.58 Å². The summed E-state index contributed by atoms with van der Waals surface area (Å²) < 4.78 is 0. The molecular weight excluding hydrogens is 160 g/mol. The van der Waals surface area contributed by atoms with Crippen molar-refractivity contribution in [1.82, 2.24) is 0 Å². The van der Waals surface area contributed by atoms with Crippen molar-refractivity contribution in [3.05, 3.63) is 12.7 Å². The van der Waals surface area contributed by atoms with Gasteiger partial charge < -0.3 is 0 Å². The van der Waals surface area contributed by atoms with Gasteiger partial charge in [0.15, 0.2) is 0 Å². The first-order chi connectivity index (χ1) is 4.66. The number of rotatable bonds is 5. The molecule has 0 saturated heterocycles. The zero-order valence-corrected chi connectivity index (χ0v) is 7.86. The smallest absolute Gasteiger partial charge is 0.0146 e. The molecular formula is C8H12S2. The lowest BCUT2D eigenvalue weighted by Gasteiger charge is -1.96. The van der Waals surface area contributed by atoms with Crippen LogP contribution in [0, 0.1) is 0 Å². The van der Waals surface area contributed by atoms with Crippen molar-refractivity contribution in [3.63, 3.8) is 0 Å². The summed E-state index contributed by atoms with van der Waals surface area (Å²) in [5, 5.41) is 0. The molecule has 0 aliphatic heterocycles. The van der Waals surface area contributed by atoms with Gasteiger partial charge in [0.05, 0.1) is 0 Å². The highest BCUT2D eigenvalue weighted by Crippen LogP contribution is 2.00. The normalized spacial score (nSPS) is 8.90. The van der Waals surface area contributed by atoms with Gasteiger partial charge in [0.2, 0.25) is 0 Å². The monoisotopic (exact) mass is 172 g/mol. The third-order valence-electron chi connectivity index (χ3n) is 1.18. The van der Waals surface area contributed by atoms with E-state index in [9.17, 15) is 0 Å². The lowest BCUT2D eigenvalue weighted by molar-refractivity contribution is 0.938. The lowest BCUT2D eigenvalue weighted by Crippen LogP contribution is -1.91. The SMILES string of the molecule is C=CC(=S)CCCC(C)=S. The summed E-state index contributed by atoms with van der Waals surface area (Å²) in [5.74, 6) is 0. The van der Waals surface area contributed by atoms with E-state index in [0.29, 0.717) is 0 Å². The number of thiocarbonyl (C=S) groups is 2. The Morgan fingerprint density at radius 1 is 1.40 bits per heavy atom. The minimum absolute atomic E-state index is 0.941. The van der Waals surface area contributed by atoms with Crippen molar-refractivity contribution >= 4 is 34.2 Å². The van der Waals surface area contributed by atoms with Crippen molar-refractivity contribution in [2.24, 2.45) is 0 Å². The highest BCUT2D eigenvalue weighted by molar-refractivity contribution is 7.80. The largest absolute Gasteiger partial charge is 0.0980 e. The van der Waals surface area contributed by atoms with Gasteiger partial charge in [0, 0.05) is 4.86 Å². The van der Waals surface area contributed by atoms with E-state index in [4.69, 9.17) is 24.4 Å². The molecule has 10 heavy (non-hydrogen) atoms. The van der Waals surface area contributed by atoms with Crippen molar-refractivity contribution in [3.8, 4) is 0 Å². The third kappa shape index (κ3) is 6.05. The molecule has 0 amide bonds. The molecule has 0 radical (unpaired) electrons. The summed E-state index contributed by atoms with van der Waals surface area (Å²) in [5.41, 5.74) is 0. The zero-order chi connectivity index (χ0) is 7.98. The Kier molecular flexibility index (Phi) is 5.64. The first kappa shape index (κ1) is 9.92. The molecule has 0 aromatic rings. The summed E-state index contributed by atoms with van der Waals surface area (Å²) in [6.07, 6.45) is 4.75. The maximum atomic E-state index is 4.95. The maximum absolute atomic E-state index is 4.95. The Bertz CT molecular complexity index is 147. The van der Waals surface area contributed by atoms with E-state index < -0.39 is 0 Å².